The Balaban J connectivity index is 3.77. The van der Waals surface area contributed by atoms with Crippen molar-refractivity contribution in [1.29, 1.82) is 0 Å². The van der Waals surface area contributed by atoms with Crippen molar-refractivity contribution >= 4 is 11.9 Å². The average molecular weight is 685 g/mol. The Labute approximate surface area is 300 Å². The molecule has 2 atom stereocenters. The van der Waals surface area contributed by atoms with Crippen molar-refractivity contribution in [2.45, 2.75) is 174 Å². The van der Waals surface area contributed by atoms with E-state index in [-0.39, 0.29) is 31.6 Å². The number of hydrogen-bond donors (Lipinski definition) is 2. The highest BCUT2D eigenvalue weighted by Crippen LogP contribution is 2.14. The van der Waals surface area contributed by atoms with Gasteiger partial charge >= 0.3 is 11.9 Å². The number of hydrogen-bond acceptors (Lipinski definition) is 6. The molecule has 2 N–H and O–H groups in total. The zero-order valence-corrected chi connectivity index (χ0v) is 31.3. The topological polar surface area (TPSA) is 93.1 Å². The van der Waals surface area contributed by atoms with Crippen molar-refractivity contribution in [2.24, 2.45) is 0 Å². The molecule has 6 nitrogen and oxygen atoms in total. The fourth-order valence-corrected chi connectivity index (χ4v) is 5.13. The second-order valence-corrected chi connectivity index (χ2v) is 12.8. The molecule has 0 aromatic carbocycles. The Kier molecular flexibility index (Phi) is 36.0. The maximum Gasteiger partial charge on any atom is 0.306 e. The monoisotopic (exact) mass is 685 g/mol. The van der Waals surface area contributed by atoms with Crippen LogP contribution in [-0.4, -0.2) is 47.6 Å². The standard InChI is InChI=1S/C43H72O6/c1-3-5-7-9-11-12-13-14-15-16-17-22-25-29-33-37-43(47)49-41(38-44)39-48-42(46)36-32-28-24-21-19-18-20-23-27-31-35-40(45)34-30-26-10-8-6-4-2/h6,8,18-19,23-24,26-28,30-31,35,40-41,44-45H,3-5,7,9-17,20-22,25,29,32-34,36-39H2,1-2H3/b8-6-,19-18-,27-23-,28-24-,30-26-,35-31+/t40?,41-/m0/s1. The lowest BCUT2D eigenvalue weighted by molar-refractivity contribution is -0.161. The van der Waals surface area contributed by atoms with Crippen LogP contribution < -0.4 is 0 Å². The van der Waals surface area contributed by atoms with Crippen LogP contribution in [0.25, 0.3) is 0 Å². The van der Waals surface area contributed by atoms with E-state index in [9.17, 15) is 19.8 Å². The van der Waals surface area contributed by atoms with E-state index in [0.29, 0.717) is 19.3 Å². The quantitative estimate of drug-likeness (QED) is 0.0303. The molecular formula is C43H72O6. The van der Waals surface area contributed by atoms with Crippen LogP contribution in [0.1, 0.15) is 162 Å². The van der Waals surface area contributed by atoms with Gasteiger partial charge < -0.3 is 19.7 Å². The van der Waals surface area contributed by atoms with Crippen LogP contribution in [0.5, 0.6) is 0 Å². The Morgan fingerprint density at radius 3 is 1.71 bits per heavy atom. The van der Waals surface area contributed by atoms with Crippen molar-refractivity contribution in [3.63, 3.8) is 0 Å². The number of aliphatic hydroxyl groups excluding tert-OH is 2. The minimum atomic E-state index is -0.816. The zero-order valence-electron chi connectivity index (χ0n) is 31.3. The fourth-order valence-electron chi connectivity index (χ4n) is 5.13. The van der Waals surface area contributed by atoms with E-state index in [1.54, 1.807) is 6.08 Å². The lowest BCUT2D eigenvalue weighted by Crippen LogP contribution is -2.28. The third kappa shape index (κ3) is 36.4. The molecule has 0 saturated carbocycles. The van der Waals surface area contributed by atoms with E-state index in [2.05, 4.69) is 44.2 Å². The Morgan fingerprint density at radius 2 is 1.12 bits per heavy atom. The Hall–Kier alpha value is -2.70. The Morgan fingerprint density at radius 1 is 0.592 bits per heavy atom. The number of allylic oxidation sites excluding steroid dienone is 10. The molecule has 0 fully saturated rings. The van der Waals surface area contributed by atoms with Crippen molar-refractivity contribution in [2.75, 3.05) is 13.2 Å². The van der Waals surface area contributed by atoms with E-state index in [4.69, 9.17) is 9.47 Å². The predicted molar refractivity (Wildman–Crippen MR) is 206 cm³/mol. The van der Waals surface area contributed by atoms with Crippen LogP contribution in [0.2, 0.25) is 0 Å². The summed E-state index contributed by atoms with van der Waals surface area (Å²) in [7, 11) is 0. The van der Waals surface area contributed by atoms with Gasteiger partial charge in [-0.2, -0.15) is 0 Å². The minimum absolute atomic E-state index is 0.123. The van der Waals surface area contributed by atoms with Gasteiger partial charge in [-0.1, -0.05) is 177 Å². The molecule has 0 heterocycles. The van der Waals surface area contributed by atoms with E-state index < -0.39 is 12.2 Å². The lowest BCUT2D eigenvalue weighted by atomic mass is 10.0. The van der Waals surface area contributed by atoms with Gasteiger partial charge in [-0.25, -0.2) is 0 Å². The van der Waals surface area contributed by atoms with E-state index >= 15 is 0 Å². The molecule has 0 aromatic heterocycles. The molecule has 0 aromatic rings. The number of carbonyl (C=O) groups excluding carboxylic acids is 2. The van der Waals surface area contributed by atoms with Gasteiger partial charge in [-0.05, 0) is 44.9 Å². The third-order valence-electron chi connectivity index (χ3n) is 8.11. The van der Waals surface area contributed by atoms with Crippen molar-refractivity contribution < 1.29 is 29.3 Å². The van der Waals surface area contributed by atoms with E-state index in [0.717, 1.165) is 44.9 Å². The number of ether oxygens (including phenoxy) is 2. The van der Waals surface area contributed by atoms with E-state index in [1.807, 2.05) is 36.5 Å². The molecule has 0 aliphatic heterocycles. The second kappa shape index (κ2) is 38.1. The van der Waals surface area contributed by atoms with Gasteiger partial charge in [-0.3, -0.25) is 9.59 Å². The predicted octanol–water partition coefficient (Wildman–Crippen LogP) is 11.1. The van der Waals surface area contributed by atoms with Gasteiger partial charge in [0.1, 0.15) is 6.61 Å². The summed E-state index contributed by atoms with van der Waals surface area (Å²) >= 11 is 0. The lowest BCUT2D eigenvalue weighted by Gasteiger charge is -2.15. The summed E-state index contributed by atoms with van der Waals surface area (Å²) in [5.41, 5.74) is 0. The summed E-state index contributed by atoms with van der Waals surface area (Å²) < 4.78 is 10.5. The van der Waals surface area contributed by atoms with Crippen molar-refractivity contribution in [3.05, 3.63) is 72.9 Å². The van der Waals surface area contributed by atoms with Crippen LogP contribution in [0, 0.1) is 0 Å². The van der Waals surface area contributed by atoms with Crippen molar-refractivity contribution in [1.82, 2.24) is 0 Å². The normalized spacial score (nSPS) is 13.6. The van der Waals surface area contributed by atoms with E-state index in [1.165, 1.54) is 77.0 Å². The number of esters is 2. The molecule has 6 heteroatoms. The highest BCUT2D eigenvalue weighted by Gasteiger charge is 2.15. The van der Waals surface area contributed by atoms with Crippen LogP contribution >= 0.6 is 0 Å². The summed E-state index contributed by atoms with van der Waals surface area (Å²) in [5, 5.41) is 19.5. The molecule has 0 rings (SSSR count). The van der Waals surface area contributed by atoms with Gasteiger partial charge in [0.05, 0.1) is 12.7 Å². The fraction of sp³-hybridized carbons (Fsp3) is 0.674. The summed E-state index contributed by atoms with van der Waals surface area (Å²) in [6.45, 7) is 3.88. The number of carbonyl (C=O) groups is 2. The van der Waals surface area contributed by atoms with Gasteiger partial charge in [0, 0.05) is 12.8 Å². The highest BCUT2D eigenvalue weighted by molar-refractivity contribution is 5.70. The molecule has 0 aliphatic carbocycles. The maximum absolute atomic E-state index is 12.2. The largest absolute Gasteiger partial charge is 0.462 e. The van der Waals surface area contributed by atoms with Crippen LogP contribution in [0.15, 0.2) is 72.9 Å². The van der Waals surface area contributed by atoms with Crippen LogP contribution in [0.3, 0.4) is 0 Å². The summed E-state index contributed by atoms with van der Waals surface area (Å²) in [6, 6.07) is 0. The van der Waals surface area contributed by atoms with Gasteiger partial charge in [0.2, 0.25) is 0 Å². The molecule has 0 spiro atoms. The first-order valence-corrected chi connectivity index (χ1v) is 19.6. The first-order valence-electron chi connectivity index (χ1n) is 19.6. The van der Waals surface area contributed by atoms with Gasteiger partial charge in [0.25, 0.3) is 0 Å². The minimum Gasteiger partial charge on any atom is -0.462 e. The molecule has 0 amide bonds. The molecule has 0 bridgehead atoms. The second-order valence-electron chi connectivity index (χ2n) is 12.8. The molecule has 0 aliphatic rings. The number of unbranched alkanes of at least 4 members (excludes halogenated alkanes) is 14. The SMILES string of the molecule is CC/C=C\C/C=C\CC(O)/C=C/C=C\C/C=C\C/C=C\CCC(=O)OC[C@H](CO)OC(=O)CCCCCCCCCCCCCCCCC. The molecule has 0 radical (unpaired) electrons. The highest BCUT2D eigenvalue weighted by atomic mass is 16.6. The maximum atomic E-state index is 12.2. The molecule has 280 valence electrons. The summed E-state index contributed by atoms with van der Waals surface area (Å²) in [4.78, 5) is 24.2. The average Bonchev–Trinajstić information content (AvgIpc) is 3.10. The third-order valence-corrected chi connectivity index (χ3v) is 8.11. The van der Waals surface area contributed by atoms with Crippen LogP contribution in [0.4, 0.5) is 0 Å². The molecule has 49 heavy (non-hydrogen) atoms. The zero-order chi connectivity index (χ0) is 35.9. The first-order chi connectivity index (χ1) is 24.0. The van der Waals surface area contributed by atoms with Crippen molar-refractivity contribution in [3.8, 4) is 0 Å². The first kappa shape index (κ1) is 46.3. The summed E-state index contributed by atoms with van der Waals surface area (Å²) in [6.07, 6.45) is 47.1. The molecule has 0 saturated heterocycles. The Bertz CT molecular complexity index is 929. The molecule has 1 unspecified atom stereocenters. The summed E-state index contributed by atoms with van der Waals surface area (Å²) in [5.74, 6) is -0.721. The smallest absolute Gasteiger partial charge is 0.306 e. The molecular weight excluding hydrogens is 612 g/mol. The van der Waals surface area contributed by atoms with Gasteiger partial charge in [-0.15, -0.1) is 0 Å². The van der Waals surface area contributed by atoms with Crippen LogP contribution in [-0.2, 0) is 19.1 Å². The number of rotatable bonds is 34. The van der Waals surface area contributed by atoms with Gasteiger partial charge in [0.15, 0.2) is 6.10 Å². The number of aliphatic hydroxyl groups is 2.